The second-order valence-corrected chi connectivity index (χ2v) is 9.56. The standard InChI is InChI=1S/C16H17FO2.C13H13NO2.C5H11N.C2H6/c17-16-10-5-4-7-14(16)13-18-11-6-12-19-15-8-2-1-3-9-15;1-16-13(15)12-5-4-10-6-9(8-14)2-3-11(10)7-12;1-2-4-6-5-3-1;1-2/h1-5,7-10H,6,11-13H2;2-7H,8,14H2,1H3;6H,1-5H2;1-2H3. The molecule has 0 bridgehead atoms. The van der Waals surface area contributed by atoms with Gasteiger partial charge in [0.05, 0.1) is 32.5 Å². The van der Waals surface area contributed by atoms with E-state index in [1.165, 1.54) is 45.5 Å². The lowest BCUT2D eigenvalue weighted by Gasteiger charge is -2.08. The van der Waals surface area contributed by atoms with Crippen LogP contribution in [0.5, 0.6) is 5.75 Å². The van der Waals surface area contributed by atoms with Gasteiger partial charge < -0.3 is 25.3 Å². The number of piperidine rings is 1. The van der Waals surface area contributed by atoms with Crippen LogP contribution in [0.4, 0.5) is 4.39 Å². The number of hydrogen-bond acceptors (Lipinski definition) is 6. The van der Waals surface area contributed by atoms with E-state index in [1.807, 2.05) is 74.5 Å². The van der Waals surface area contributed by atoms with Crippen LogP contribution in [-0.2, 0) is 22.6 Å². The molecule has 43 heavy (non-hydrogen) atoms. The Bertz CT molecular complexity index is 1300. The molecule has 4 aromatic rings. The molecule has 0 spiro atoms. The summed E-state index contributed by atoms with van der Waals surface area (Å²) in [4.78, 5) is 11.3. The van der Waals surface area contributed by atoms with Gasteiger partial charge >= 0.3 is 5.97 Å². The van der Waals surface area contributed by atoms with Crippen LogP contribution < -0.4 is 15.8 Å². The molecule has 1 aliphatic rings. The van der Waals surface area contributed by atoms with Crippen LogP contribution in [0.2, 0.25) is 0 Å². The average molecular weight is 591 g/mol. The first-order valence-electron chi connectivity index (χ1n) is 15.1. The highest BCUT2D eigenvalue weighted by atomic mass is 19.1. The highest BCUT2D eigenvalue weighted by molar-refractivity contribution is 5.95. The number of benzene rings is 4. The van der Waals surface area contributed by atoms with Crippen LogP contribution >= 0.6 is 0 Å². The molecule has 1 fully saturated rings. The second-order valence-electron chi connectivity index (χ2n) is 9.56. The molecule has 3 N–H and O–H groups in total. The van der Waals surface area contributed by atoms with Crippen LogP contribution in [0.3, 0.4) is 0 Å². The zero-order valence-electron chi connectivity index (χ0n) is 25.8. The van der Waals surface area contributed by atoms with Crippen LogP contribution in [0.25, 0.3) is 10.8 Å². The molecular weight excluding hydrogens is 543 g/mol. The van der Waals surface area contributed by atoms with E-state index in [0.29, 0.717) is 37.5 Å². The van der Waals surface area contributed by atoms with Crippen molar-refractivity contribution in [3.05, 3.63) is 114 Å². The minimum absolute atomic E-state index is 0.219. The topological polar surface area (TPSA) is 82.8 Å². The first-order chi connectivity index (χ1) is 21.1. The molecule has 1 aliphatic heterocycles. The van der Waals surface area contributed by atoms with E-state index in [0.717, 1.165) is 28.5 Å². The maximum Gasteiger partial charge on any atom is 0.337 e. The molecule has 232 valence electrons. The fraction of sp³-hybridized carbons (Fsp3) is 0.361. The van der Waals surface area contributed by atoms with E-state index < -0.39 is 0 Å². The summed E-state index contributed by atoms with van der Waals surface area (Å²) in [7, 11) is 1.38. The summed E-state index contributed by atoms with van der Waals surface area (Å²) in [6, 6.07) is 27.7. The number of hydrogen-bond donors (Lipinski definition) is 2. The molecule has 0 saturated carbocycles. The lowest BCUT2D eigenvalue weighted by molar-refractivity contribution is 0.0601. The van der Waals surface area contributed by atoms with Gasteiger partial charge in [-0.3, -0.25) is 0 Å². The lowest BCUT2D eigenvalue weighted by atomic mass is 10.0. The SMILES string of the molecule is C1CCNCC1.CC.COC(=O)c1ccc2cc(CN)ccc2c1.Fc1ccccc1COCCCOc1ccccc1. The number of carbonyl (C=O) groups excluding carboxylic acids is 1. The van der Waals surface area contributed by atoms with Gasteiger partial charge in [-0.1, -0.05) is 74.9 Å². The molecule has 1 heterocycles. The van der Waals surface area contributed by atoms with Crippen molar-refractivity contribution in [3.8, 4) is 5.75 Å². The monoisotopic (exact) mass is 590 g/mol. The van der Waals surface area contributed by atoms with Crippen molar-refractivity contribution in [2.75, 3.05) is 33.4 Å². The molecular formula is C36H47FN2O4. The van der Waals surface area contributed by atoms with Gasteiger partial charge in [-0.05, 0) is 78.7 Å². The number of ether oxygens (including phenoxy) is 3. The molecule has 5 rings (SSSR count). The number of halogens is 1. The Morgan fingerprint density at radius 2 is 1.51 bits per heavy atom. The summed E-state index contributed by atoms with van der Waals surface area (Å²) in [5, 5.41) is 5.38. The summed E-state index contributed by atoms with van der Waals surface area (Å²) in [5.74, 6) is 0.324. The van der Waals surface area contributed by atoms with E-state index in [9.17, 15) is 9.18 Å². The molecule has 4 aromatic carbocycles. The van der Waals surface area contributed by atoms with Gasteiger partial charge in [-0.15, -0.1) is 0 Å². The first kappa shape index (κ1) is 35.4. The van der Waals surface area contributed by atoms with Gasteiger partial charge in [-0.2, -0.15) is 0 Å². The number of methoxy groups -OCH3 is 1. The number of esters is 1. The second kappa shape index (κ2) is 21.9. The lowest BCUT2D eigenvalue weighted by Crippen LogP contribution is -2.21. The van der Waals surface area contributed by atoms with Crippen molar-refractivity contribution in [1.29, 1.82) is 0 Å². The molecule has 1 saturated heterocycles. The van der Waals surface area contributed by atoms with E-state index in [2.05, 4.69) is 10.1 Å². The molecule has 0 unspecified atom stereocenters. The van der Waals surface area contributed by atoms with Crippen LogP contribution in [0.15, 0.2) is 91.0 Å². The molecule has 7 heteroatoms. The van der Waals surface area contributed by atoms with E-state index in [-0.39, 0.29) is 11.8 Å². The van der Waals surface area contributed by atoms with E-state index in [4.69, 9.17) is 15.2 Å². The predicted molar refractivity (Wildman–Crippen MR) is 174 cm³/mol. The van der Waals surface area contributed by atoms with Gasteiger partial charge in [0, 0.05) is 18.5 Å². The zero-order valence-corrected chi connectivity index (χ0v) is 25.8. The van der Waals surface area contributed by atoms with Crippen molar-refractivity contribution >= 4 is 16.7 Å². The Morgan fingerprint density at radius 1 is 0.837 bits per heavy atom. The van der Waals surface area contributed by atoms with Crippen molar-refractivity contribution in [1.82, 2.24) is 5.32 Å². The Morgan fingerprint density at radius 3 is 2.14 bits per heavy atom. The highest BCUT2D eigenvalue weighted by Crippen LogP contribution is 2.18. The fourth-order valence-electron chi connectivity index (χ4n) is 4.13. The van der Waals surface area contributed by atoms with Gasteiger partial charge in [0.1, 0.15) is 11.6 Å². The van der Waals surface area contributed by atoms with E-state index in [1.54, 1.807) is 24.3 Å². The largest absolute Gasteiger partial charge is 0.494 e. The Hall–Kier alpha value is -3.78. The van der Waals surface area contributed by atoms with Gasteiger partial charge in [-0.25, -0.2) is 9.18 Å². The summed E-state index contributed by atoms with van der Waals surface area (Å²) in [6.45, 7) is 8.48. The number of fused-ring (bicyclic) bond motifs is 1. The molecule has 0 atom stereocenters. The number of carbonyl (C=O) groups is 1. The Balaban J connectivity index is 0.000000242. The fourth-order valence-corrected chi connectivity index (χ4v) is 4.13. The molecule has 0 aromatic heterocycles. The number of nitrogens with two attached hydrogens (primary N) is 1. The minimum atomic E-state index is -0.315. The third-order valence-electron chi connectivity index (χ3n) is 6.43. The van der Waals surface area contributed by atoms with Crippen molar-refractivity contribution in [3.63, 3.8) is 0 Å². The van der Waals surface area contributed by atoms with Crippen LogP contribution in [0.1, 0.15) is 61.0 Å². The normalized spacial score (nSPS) is 11.9. The van der Waals surface area contributed by atoms with Crippen LogP contribution in [-0.4, -0.2) is 39.4 Å². The Kier molecular flexibility index (Phi) is 18.0. The maximum atomic E-state index is 13.3. The molecule has 0 amide bonds. The van der Waals surface area contributed by atoms with Gasteiger partial charge in [0.25, 0.3) is 0 Å². The minimum Gasteiger partial charge on any atom is -0.494 e. The van der Waals surface area contributed by atoms with Crippen molar-refractivity contribution in [2.24, 2.45) is 5.73 Å². The van der Waals surface area contributed by atoms with Gasteiger partial charge in [0.15, 0.2) is 0 Å². The summed E-state index contributed by atoms with van der Waals surface area (Å²) < 4.78 is 28.9. The third-order valence-corrected chi connectivity index (χ3v) is 6.43. The van der Waals surface area contributed by atoms with Crippen molar-refractivity contribution < 1.29 is 23.4 Å². The Labute approximate surface area is 256 Å². The molecule has 6 nitrogen and oxygen atoms in total. The van der Waals surface area contributed by atoms with Gasteiger partial charge in [0.2, 0.25) is 0 Å². The van der Waals surface area contributed by atoms with Crippen molar-refractivity contribution in [2.45, 2.75) is 52.7 Å². The molecule has 0 aliphatic carbocycles. The maximum absolute atomic E-state index is 13.3. The smallest absolute Gasteiger partial charge is 0.337 e. The van der Waals surface area contributed by atoms with E-state index >= 15 is 0 Å². The summed E-state index contributed by atoms with van der Waals surface area (Å²) in [6.07, 6.45) is 5.00. The predicted octanol–water partition coefficient (Wildman–Crippen LogP) is 7.68. The number of para-hydroxylation sites is 1. The summed E-state index contributed by atoms with van der Waals surface area (Å²) >= 11 is 0. The number of nitrogens with one attached hydrogen (secondary N) is 1. The third kappa shape index (κ3) is 13.8. The quantitative estimate of drug-likeness (QED) is 0.154. The highest BCUT2D eigenvalue weighted by Gasteiger charge is 2.06. The van der Waals surface area contributed by atoms with Crippen LogP contribution in [0, 0.1) is 5.82 Å². The number of rotatable bonds is 9. The first-order valence-corrected chi connectivity index (χ1v) is 15.1. The molecule has 0 radical (unpaired) electrons. The summed E-state index contributed by atoms with van der Waals surface area (Å²) in [5.41, 5.74) is 7.80. The zero-order chi connectivity index (χ0) is 31.1. The average Bonchev–Trinajstić information content (AvgIpc) is 3.09.